The van der Waals surface area contributed by atoms with Crippen LogP contribution in [0.15, 0.2) is 122 Å². The van der Waals surface area contributed by atoms with E-state index >= 15 is 0 Å². The first-order chi connectivity index (χ1) is 36.5. The van der Waals surface area contributed by atoms with E-state index < -0.39 is 201 Å². The quantitative estimate of drug-likeness (QED) is 0.0476. The number of ketones is 1. The molecule has 80 heavy (non-hydrogen) atoms. The lowest BCUT2D eigenvalue weighted by atomic mass is 9.12. The summed E-state index contributed by atoms with van der Waals surface area (Å²) in [6.45, 7) is 0.0850. The van der Waals surface area contributed by atoms with E-state index in [9.17, 15) is 115 Å². The van der Waals surface area contributed by atoms with Crippen molar-refractivity contribution in [2.75, 3.05) is 0 Å². The summed E-state index contributed by atoms with van der Waals surface area (Å²) in [6.07, 6.45) is -46.2. The fraction of sp³-hybridized carbons (Fsp3) is 0.280. The molecule has 0 N–H and O–H groups in total. The average molecular weight is 1170 g/mol. The Morgan fingerprint density at radius 3 is 1.01 bits per heavy atom. The maximum Gasteiger partial charge on any atom is 0.416 e. The molecule has 1 fully saturated rings. The van der Waals surface area contributed by atoms with Gasteiger partial charge in [0, 0.05) is 5.56 Å². The monoisotopic (exact) mass is 1170 g/mol. The highest BCUT2D eigenvalue weighted by molar-refractivity contribution is 7.20. The molecule has 0 bridgehead atoms. The first kappa shape index (κ1) is 61.9. The van der Waals surface area contributed by atoms with E-state index in [-0.39, 0.29) is 18.4 Å². The van der Waals surface area contributed by atoms with Crippen molar-refractivity contribution < 1.29 is 124 Å². The molecular weight excluding hydrogens is 1140 g/mol. The smallest absolute Gasteiger partial charge is 0.416 e. The van der Waals surface area contributed by atoms with Gasteiger partial charge in [-0.25, -0.2) is 4.79 Å². The van der Waals surface area contributed by atoms with Crippen molar-refractivity contribution in [2.45, 2.75) is 87.7 Å². The second-order valence-electron chi connectivity index (χ2n) is 17.9. The number of hydrogen-bond acceptors (Lipinski definition) is 4. The number of rotatable bonds is 9. The molecule has 0 atom stereocenters. The molecule has 1 aromatic heterocycles. The largest absolute Gasteiger partial charge is 0.454 e. The zero-order valence-electron chi connectivity index (χ0n) is 39.4. The number of Topliss-reactive ketones (excluding diaryl/α,β-unsaturated/α-hetero) is 1. The highest BCUT2D eigenvalue weighted by Crippen LogP contribution is 2.41. The number of ether oxygens (including phenoxy) is 1. The molecule has 430 valence electrons. The van der Waals surface area contributed by atoms with Gasteiger partial charge < -0.3 is 4.74 Å². The van der Waals surface area contributed by atoms with E-state index in [0.717, 1.165) is 25.7 Å². The van der Waals surface area contributed by atoms with Crippen LogP contribution in [0.1, 0.15) is 91.0 Å². The molecule has 1 aliphatic carbocycles. The summed E-state index contributed by atoms with van der Waals surface area (Å²) in [5.74, 6) is -0.470. The number of esters is 1. The number of aromatic nitrogens is 2. The van der Waals surface area contributed by atoms with Crippen molar-refractivity contribution in [2.24, 2.45) is 0 Å². The van der Waals surface area contributed by atoms with Gasteiger partial charge in [0.25, 0.3) is 0 Å². The van der Waals surface area contributed by atoms with Gasteiger partial charge in [-0.2, -0.15) is 132 Å². The fourth-order valence-corrected chi connectivity index (χ4v) is 8.85. The predicted octanol–water partition coefficient (Wildman–Crippen LogP) is 13.6. The molecule has 30 heteroatoms. The Morgan fingerprint density at radius 1 is 0.450 bits per heavy atom. The summed E-state index contributed by atoms with van der Waals surface area (Å²) < 4.78 is 348. The summed E-state index contributed by atoms with van der Waals surface area (Å²) in [6, 6.07) is 0.219. The van der Waals surface area contributed by atoms with Crippen molar-refractivity contribution in [1.29, 1.82) is 0 Å². The molecular formula is C50H31BF24N2O3. The van der Waals surface area contributed by atoms with Crippen LogP contribution < -0.4 is 26.4 Å². The lowest BCUT2D eigenvalue weighted by Gasteiger charge is -2.46. The zero-order valence-corrected chi connectivity index (χ0v) is 39.4. The van der Waals surface area contributed by atoms with Gasteiger partial charge in [-0.1, -0.05) is 78.9 Å². The summed E-state index contributed by atoms with van der Waals surface area (Å²) in [7, 11) is 0. The van der Waals surface area contributed by atoms with Crippen molar-refractivity contribution in [3.63, 3.8) is 0 Å². The highest BCUT2D eigenvalue weighted by Gasteiger charge is 2.47. The summed E-state index contributed by atoms with van der Waals surface area (Å²) in [5.41, 5.74) is -29.3. The topological polar surface area (TPSA) is 60.1 Å². The predicted molar refractivity (Wildman–Crippen MR) is 233 cm³/mol. The third kappa shape index (κ3) is 14.4. The van der Waals surface area contributed by atoms with Crippen LogP contribution in [0.2, 0.25) is 0 Å². The van der Waals surface area contributed by atoms with E-state index in [2.05, 4.69) is 4.98 Å². The SMILES string of the molecule is FC(F)(F)c1cc([B-](c2cc(C(F)(F)F)cc(C(F)(F)F)c2)(c2cc(C(F)(F)F)cc(C(F)(F)F)c2)c2cc(C(F)(F)F)cc(C(F)(F)F)c2)cc(C(F)(F)F)c1.O=C(C[n+]1ccncc1C(=O)OC1CCCC1)c1ccccc1. The van der Waals surface area contributed by atoms with Crippen LogP contribution in [-0.2, 0) is 60.7 Å². The molecule has 0 amide bonds. The molecule has 0 spiro atoms. The molecule has 0 aliphatic heterocycles. The molecule has 5 aromatic carbocycles. The Bertz CT molecular complexity index is 2780. The summed E-state index contributed by atoms with van der Waals surface area (Å²) >= 11 is 0. The van der Waals surface area contributed by atoms with Crippen LogP contribution in [0.4, 0.5) is 105 Å². The van der Waals surface area contributed by atoms with Crippen molar-refractivity contribution >= 4 is 39.7 Å². The Morgan fingerprint density at radius 2 is 0.738 bits per heavy atom. The van der Waals surface area contributed by atoms with Gasteiger partial charge in [0.15, 0.2) is 6.20 Å². The van der Waals surface area contributed by atoms with Crippen molar-refractivity contribution in [3.05, 3.63) is 177 Å². The number of nitrogens with zero attached hydrogens (tertiary/aromatic N) is 2. The minimum Gasteiger partial charge on any atom is -0.454 e. The number of alkyl halides is 24. The maximum atomic E-state index is 14.2. The second kappa shape index (κ2) is 22.0. The number of carbonyl (C=O) groups excluding carboxylic acids is 2. The number of benzene rings is 5. The minimum atomic E-state index is -6.13. The van der Waals surface area contributed by atoms with Crippen LogP contribution in [0, 0.1) is 0 Å². The molecule has 6 aromatic rings. The van der Waals surface area contributed by atoms with Crippen molar-refractivity contribution in [3.8, 4) is 0 Å². The number of carbonyl (C=O) groups is 2. The Kier molecular flexibility index (Phi) is 17.0. The van der Waals surface area contributed by atoms with Crippen LogP contribution in [-0.4, -0.2) is 29.0 Å². The summed E-state index contributed by atoms with van der Waals surface area (Å²) in [5, 5.41) is 0. The average Bonchev–Trinajstić information content (AvgIpc) is 3.97. The lowest BCUT2D eigenvalue weighted by molar-refractivity contribution is -0.686. The molecule has 0 radical (unpaired) electrons. The second-order valence-corrected chi connectivity index (χ2v) is 17.9. The van der Waals surface area contributed by atoms with E-state index in [1.165, 1.54) is 6.20 Å². The van der Waals surface area contributed by atoms with Gasteiger partial charge in [-0.3, -0.25) is 9.78 Å². The van der Waals surface area contributed by atoms with Gasteiger partial charge in [0.1, 0.15) is 18.4 Å². The summed E-state index contributed by atoms with van der Waals surface area (Å²) in [4.78, 5) is 28.7. The minimum absolute atomic E-state index is 0.0130. The van der Waals surface area contributed by atoms with Crippen LogP contribution in [0.25, 0.3) is 0 Å². The number of halogens is 24. The molecule has 5 nitrogen and oxygen atoms in total. The molecule has 0 saturated heterocycles. The van der Waals surface area contributed by atoms with Gasteiger partial charge >= 0.3 is 61.1 Å². The molecule has 7 rings (SSSR count). The Labute approximate surface area is 433 Å². The highest BCUT2D eigenvalue weighted by atomic mass is 19.4. The third-order valence-electron chi connectivity index (χ3n) is 12.5. The normalized spacial score (nSPS) is 14.4. The molecule has 1 aliphatic rings. The van der Waals surface area contributed by atoms with Gasteiger partial charge in [-0.05, 0) is 49.9 Å². The van der Waals surface area contributed by atoms with E-state index in [0.29, 0.717) is 11.3 Å². The van der Waals surface area contributed by atoms with Crippen LogP contribution in [0.5, 0.6) is 0 Å². The van der Waals surface area contributed by atoms with Crippen LogP contribution in [0.3, 0.4) is 0 Å². The maximum absolute atomic E-state index is 14.2. The van der Waals surface area contributed by atoms with Gasteiger partial charge in [-0.15, -0.1) is 0 Å². The van der Waals surface area contributed by atoms with Crippen molar-refractivity contribution in [1.82, 2.24) is 4.98 Å². The van der Waals surface area contributed by atoms with E-state index in [1.807, 2.05) is 18.2 Å². The van der Waals surface area contributed by atoms with E-state index in [4.69, 9.17) is 4.74 Å². The fourth-order valence-electron chi connectivity index (χ4n) is 8.85. The number of hydrogen-bond donors (Lipinski definition) is 0. The first-order valence-electron chi connectivity index (χ1n) is 22.5. The first-order valence-corrected chi connectivity index (χ1v) is 22.5. The van der Waals surface area contributed by atoms with Crippen LogP contribution >= 0.6 is 0 Å². The zero-order chi connectivity index (χ0) is 60.0. The third-order valence-corrected chi connectivity index (χ3v) is 12.5. The molecule has 1 saturated carbocycles. The Balaban J connectivity index is 0.000000370. The Hall–Kier alpha value is -7.30. The molecule has 1 heterocycles. The van der Waals surface area contributed by atoms with Gasteiger partial charge in [0.05, 0.1) is 50.7 Å². The van der Waals surface area contributed by atoms with Gasteiger partial charge in [0.2, 0.25) is 12.3 Å². The van der Waals surface area contributed by atoms with E-state index in [1.54, 1.807) is 29.1 Å². The standard InChI is InChI=1S/C32H12BF24.C18H19N2O3/c34-25(35,36)13-1-14(26(37,38)39)6-21(5-13)33(22-7-15(27(40,41)42)2-16(8-22)28(43,44)45,23-9-17(29(46,47)48)3-18(10-23)30(49,50)51)24-11-19(31(52,53)54)4-20(12-24)32(55,56)57;21-17(14-6-2-1-3-7-14)13-20-11-10-19-12-16(20)18(22)23-15-8-4-5-9-15/h1-12H;1-3,6-7,10-12,15H,4-5,8-9,13H2/q-1;+1. The lowest BCUT2D eigenvalue weighted by Crippen LogP contribution is -2.75. The molecule has 0 unspecified atom stereocenters.